The Bertz CT molecular complexity index is 325. The molecule has 0 fully saturated rings. The average Bonchev–Trinajstić information content (AvgIpc) is 2.16. The molecule has 14 heavy (non-hydrogen) atoms. The average molecular weight is 197 g/mol. The lowest BCUT2D eigenvalue weighted by Crippen LogP contribution is -2.34. The Morgan fingerprint density at radius 2 is 2.07 bits per heavy atom. The number of rotatable bonds is 3. The van der Waals surface area contributed by atoms with Gasteiger partial charge in [-0.3, -0.25) is 4.79 Å². The van der Waals surface area contributed by atoms with E-state index in [0.717, 1.165) is 0 Å². The van der Waals surface area contributed by atoms with Crippen LogP contribution in [0.3, 0.4) is 0 Å². The van der Waals surface area contributed by atoms with Gasteiger partial charge < -0.3 is 15.9 Å². The molecule has 1 amide bonds. The molecule has 76 valence electrons. The molecule has 0 aromatic carbocycles. The van der Waals surface area contributed by atoms with E-state index in [0.29, 0.717) is 5.69 Å². The zero-order valence-electron chi connectivity index (χ0n) is 7.58. The number of hydrogen-bond donors (Lipinski definition) is 3. The van der Waals surface area contributed by atoms with Crippen LogP contribution in [-0.4, -0.2) is 32.4 Å². The second-order valence-corrected chi connectivity index (χ2v) is 2.89. The maximum Gasteiger partial charge on any atom is 0.249 e. The van der Waals surface area contributed by atoms with E-state index in [-0.39, 0.29) is 5.69 Å². The number of hydrogen-bond acceptors (Lipinski definition) is 5. The smallest absolute Gasteiger partial charge is 0.249 e. The summed E-state index contributed by atoms with van der Waals surface area (Å²) in [5.74, 6) is -1.00. The van der Waals surface area contributed by atoms with Gasteiger partial charge in [0.1, 0.15) is 6.10 Å². The van der Waals surface area contributed by atoms with Crippen molar-refractivity contribution in [2.24, 2.45) is 5.73 Å². The van der Waals surface area contributed by atoms with E-state index in [1.165, 1.54) is 6.07 Å². The fraction of sp³-hybridized carbons (Fsp3) is 0.375. The standard InChI is InChI=1S/C8H11N3O3/c1-4-2-3-5(11-10-4)6(12)7(13)8(9)14/h2-3,6-7,12-13H,1H3,(H2,9,14). The summed E-state index contributed by atoms with van der Waals surface area (Å²) < 4.78 is 0. The number of carbonyl (C=O) groups excluding carboxylic acids is 1. The summed E-state index contributed by atoms with van der Waals surface area (Å²) in [4.78, 5) is 10.5. The fourth-order valence-electron chi connectivity index (χ4n) is 0.884. The number of nitrogens with two attached hydrogens (primary N) is 1. The predicted molar refractivity (Wildman–Crippen MR) is 46.9 cm³/mol. The van der Waals surface area contributed by atoms with Crippen LogP contribution < -0.4 is 5.73 Å². The number of aromatic nitrogens is 2. The normalized spacial score (nSPS) is 14.8. The molecule has 1 rings (SSSR count). The Hall–Kier alpha value is -1.53. The van der Waals surface area contributed by atoms with Crippen molar-refractivity contribution < 1.29 is 15.0 Å². The summed E-state index contributed by atoms with van der Waals surface area (Å²) in [6.45, 7) is 1.73. The van der Waals surface area contributed by atoms with Crippen LogP contribution in [0.1, 0.15) is 17.5 Å². The summed E-state index contributed by atoms with van der Waals surface area (Å²) >= 11 is 0. The van der Waals surface area contributed by atoms with Crippen LogP contribution in [0.5, 0.6) is 0 Å². The van der Waals surface area contributed by atoms with Crippen molar-refractivity contribution >= 4 is 5.91 Å². The molecule has 0 aliphatic carbocycles. The first-order chi connectivity index (χ1) is 6.52. The highest BCUT2D eigenvalue weighted by molar-refractivity contribution is 5.79. The summed E-state index contributed by atoms with van der Waals surface area (Å²) in [5, 5.41) is 25.8. The summed E-state index contributed by atoms with van der Waals surface area (Å²) in [7, 11) is 0. The lowest BCUT2D eigenvalue weighted by atomic mass is 10.1. The van der Waals surface area contributed by atoms with E-state index in [1.54, 1.807) is 13.0 Å². The Balaban J connectivity index is 2.84. The van der Waals surface area contributed by atoms with Gasteiger partial charge in [0, 0.05) is 0 Å². The van der Waals surface area contributed by atoms with Gasteiger partial charge in [-0.05, 0) is 19.1 Å². The molecule has 6 heteroatoms. The zero-order chi connectivity index (χ0) is 10.7. The van der Waals surface area contributed by atoms with Crippen LogP contribution >= 0.6 is 0 Å². The molecule has 0 aliphatic rings. The van der Waals surface area contributed by atoms with Gasteiger partial charge >= 0.3 is 0 Å². The third kappa shape index (κ3) is 2.24. The van der Waals surface area contributed by atoms with Crippen molar-refractivity contribution in [3.63, 3.8) is 0 Å². The maximum atomic E-state index is 10.5. The molecule has 0 saturated carbocycles. The van der Waals surface area contributed by atoms with Gasteiger partial charge in [0.2, 0.25) is 5.91 Å². The lowest BCUT2D eigenvalue weighted by molar-refractivity contribution is -0.132. The molecule has 0 bridgehead atoms. The number of carbonyl (C=O) groups is 1. The highest BCUT2D eigenvalue weighted by atomic mass is 16.3. The van der Waals surface area contributed by atoms with E-state index >= 15 is 0 Å². The molecule has 0 saturated heterocycles. The second-order valence-electron chi connectivity index (χ2n) is 2.89. The van der Waals surface area contributed by atoms with E-state index in [1.807, 2.05) is 0 Å². The Morgan fingerprint density at radius 1 is 1.43 bits per heavy atom. The number of aryl methyl sites for hydroxylation is 1. The second kappa shape index (κ2) is 4.12. The van der Waals surface area contributed by atoms with E-state index in [2.05, 4.69) is 10.2 Å². The van der Waals surface area contributed by atoms with Crippen molar-refractivity contribution in [1.29, 1.82) is 0 Å². The highest BCUT2D eigenvalue weighted by Gasteiger charge is 2.24. The molecule has 1 aromatic heterocycles. The van der Waals surface area contributed by atoms with E-state index in [9.17, 15) is 9.90 Å². The third-order valence-corrected chi connectivity index (χ3v) is 1.71. The Morgan fingerprint density at radius 3 is 2.50 bits per heavy atom. The first-order valence-corrected chi connectivity index (χ1v) is 3.98. The van der Waals surface area contributed by atoms with Crippen LogP contribution in [0.4, 0.5) is 0 Å². The van der Waals surface area contributed by atoms with Gasteiger partial charge in [-0.25, -0.2) is 0 Å². The van der Waals surface area contributed by atoms with Crippen LogP contribution in [0, 0.1) is 6.92 Å². The molecule has 6 nitrogen and oxygen atoms in total. The monoisotopic (exact) mass is 197 g/mol. The van der Waals surface area contributed by atoms with Crippen molar-refractivity contribution in [3.05, 3.63) is 23.5 Å². The summed E-state index contributed by atoms with van der Waals surface area (Å²) in [5.41, 5.74) is 5.60. The van der Waals surface area contributed by atoms with Crippen LogP contribution in [0.15, 0.2) is 12.1 Å². The molecule has 4 N–H and O–H groups in total. The molecule has 0 spiro atoms. The summed E-state index contributed by atoms with van der Waals surface area (Å²) in [6.07, 6.45) is -3.09. The molecule has 0 radical (unpaired) electrons. The first-order valence-electron chi connectivity index (χ1n) is 3.98. The number of aliphatic hydroxyl groups excluding tert-OH is 2. The lowest BCUT2D eigenvalue weighted by Gasteiger charge is -2.13. The topological polar surface area (TPSA) is 109 Å². The number of primary amides is 1. The number of aliphatic hydroxyl groups is 2. The van der Waals surface area contributed by atoms with Gasteiger partial charge in [0.25, 0.3) is 0 Å². The van der Waals surface area contributed by atoms with Crippen molar-refractivity contribution in [2.75, 3.05) is 0 Å². The van der Waals surface area contributed by atoms with Gasteiger partial charge in [-0.1, -0.05) is 0 Å². The largest absolute Gasteiger partial charge is 0.383 e. The number of amides is 1. The minimum Gasteiger partial charge on any atom is -0.383 e. The van der Waals surface area contributed by atoms with Crippen molar-refractivity contribution in [3.8, 4) is 0 Å². The fourth-order valence-corrected chi connectivity index (χ4v) is 0.884. The van der Waals surface area contributed by atoms with Crippen LogP contribution in [-0.2, 0) is 4.79 Å². The predicted octanol–water partition coefficient (Wildman–Crippen LogP) is -1.34. The van der Waals surface area contributed by atoms with Crippen molar-refractivity contribution in [2.45, 2.75) is 19.1 Å². The van der Waals surface area contributed by atoms with Gasteiger partial charge in [-0.15, -0.1) is 0 Å². The summed E-state index contributed by atoms with van der Waals surface area (Å²) in [6, 6.07) is 3.08. The van der Waals surface area contributed by atoms with Crippen LogP contribution in [0.25, 0.3) is 0 Å². The Kier molecular flexibility index (Phi) is 3.10. The van der Waals surface area contributed by atoms with E-state index in [4.69, 9.17) is 10.8 Å². The number of nitrogens with zero attached hydrogens (tertiary/aromatic N) is 2. The van der Waals surface area contributed by atoms with Gasteiger partial charge in [0.05, 0.1) is 11.4 Å². The molecule has 2 atom stereocenters. The van der Waals surface area contributed by atoms with Gasteiger partial charge in [-0.2, -0.15) is 10.2 Å². The molecular weight excluding hydrogens is 186 g/mol. The SMILES string of the molecule is Cc1ccc(C(O)C(O)C(N)=O)nn1. The highest BCUT2D eigenvalue weighted by Crippen LogP contribution is 2.13. The quantitative estimate of drug-likeness (QED) is 0.556. The Labute approximate surface area is 80.4 Å². The third-order valence-electron chi connectivity index (χ3n) is 1.71. The minimum absolute atomic E-state index is 0.113. The minimum atomic E-state index is -1.66. The van der Waals surface area contributed by atoms with Crippen LogP contribution in [0.2, 0.25) is 0 Å². The first kappa shape index (κ1) is 10.6. The molecule has 2 unspecified atom stereocenters. The molecule has 1 heterocycles. The molecule has 1 aromatic rings. The maximum absolute atomic E-state index is 10.5. The van der Waals surface area contributed by atoms with E-state index < -0.39 is 18.1 Å². The molecular formula is C8H11N3O3. The molecule has 0 aliphatic heterocycles. The van der Waals surface area contributed by atoms with Crippen molar-refractivity contribution in [1.82, 2.24) is 10.2 Å². The zero-order valence-corrected chi connectivity index (χ0v) is 7.58. The van der Waals surface area contributed by atoms with Gasteiger partial charge in [0.15, 0.2) is 6.10 Å².